The van der Waals surface area contributed by atoms with Gasteiger partial charge in [0.1, 0.15) is 11.4 Å². The zero-order valence-corrected chi connectivity index (χ0v) is 20.9. The molecule has 0 spiro atoms. The van der Waals surface area contributed by atoms with Gasteiger partial charge in [0.25, 0.3) is 0 Å². The summed E-state index contributed by atoms with van der Waals surface area (Å²) in [6.45, 7) is 0. The Labute approximate surface area is 234 Å². The van der Waals surface area contributed by atoms with E-state index in [4.69, 9.17) is 0 Å². The average molecular weight is 682 g/mol. The predicted octanol–water partition coefficient (Wildman–Crippen LogP) is 4.40. The molecular formula is C15F21NaO3S. The van der Waals surface area contributed by atoms with Crippen LogP contribution in [-0.2, 0) is 11.4 Å². The summed E-state index contributed by atoms with van der Waals surface area (Å²) in [5.74, 6) is -78.2. The van der Waals surface area contributed by atoms with Crippen LogP contribution in [0.15, 0.2) is 5.83 Å². The summed E-state index contributed by atoms with van der Waals surface area (Å²) in [4.78, 5) is 0. The fourth-order valence-electron chi connectivity index (χ4n) is 2.31. The summed E-state index contributed by atoms with van der Waals surface area (Å²) in [5.41, 5.74) is -3.46. The minimum atomic E-state index is -8.95. The standard InChI is InChI=1S/C15HF21O3S.Na/c16-2-1(7(39-40(37)38)6(20)5(19)4(2)18)3(17)8(21)9(22,23)10(24,25)11(26,27)12(28,29)13(30,31)14(32,33)15(34,35)36;/h(H,37,38);/q;+1/p-1. The molecule has 0 fully saturated rings. The molecule has 0 saturated heterocycles. The van der Waals surface area contributed by atoms with Crippen molar-refractivity contribution < 1.29 is 135 Å². The van der Waals surface area contributed by atoms with Gasteiger partial charge in [0.15, 0.2) is 23.2 Å². The topological polar surface area (TPSA) is 49.4 Å². The van der Waals surface area contributed by atoms with Crippen LogP contribution in [-0.4, -0.2) is 50.5 Å². The number of benzene rings is 1. The normalized spacial score (nSPS) is 15.8. The first-order valence-corrected chi connectivity index (χ1v) is 9.42. The van der Waals surface area contributed by atoms with Crippen LogP contribution < -0.4 is 33.7 Å². The minimum absolute atomic E-state index is 0. The maximum atomic E-state index is 14.1. The Hall–Kier alpha value is -1.60. The minimum Gasteiger partial charge on any atom is -0.740 e. The fraction of sp³-hybridized carbons (Fsp3) is 0.467. The summed E-state index contributed by atoms with van der Waals surface area (Å²) in [6, 6.07) is 0. The van der Waals surface area contributed by atoms with Gasteiger partial charge in [0, 0.05) is 0 Å². The van der Waals surface area contributed by atoms with E-state index in [1.54, 1.807) is 0 Å². The summed E-state index contributed by atoms with van der Waals surface area (Å²) >= 11 is -4.44. The fourth-order valence-corrected chi connectivity index (χ4v) is 2.60. The van der Waals surface area contributed by atoms with Crippen molar-refractivity contribution in [2.45, 2.75) is 41.7 Å². The van der Waals surface area contributed by atoms with Crippen LogP contribution in [0.5, 0.6) is 5.75 Å². The van der Waals surface area contributed by atoms with Crippen molar-refractivity contribution in [3.05, 3.63) is 34.7 Å². The van der Waals surface area contributed by atoms with Gasteiger partial charge in [-0.3, -0.25) is 0 Å². The van der Waals surface area contributed by atoms with Gasteiger partial charge < -0.3 is 8.74 Å². The Morgan fingerprint density at radius 2 is 0.927 bits per heavy atom. The van der Waals surface area contributed by atoms with Crippen LogP contribution >= 0.6 is 0 Å². The van der Waals surface area contributed by atoms with E-state index in [1.807, 2.05) is 0 Å². The van der Waals surface area contributed by atoms with E-state index in [1.165, 1.54) is 0 Å². The Morgan fingerprint density at radius 1 is 0.585 bits per heavy atom. The molecule has 1 unspecified atom stereocenters. The first-order valence-electron chi connectivity index (χ1n) is 8.42. The van der Waals surface area contributed by atoms with Crippen molar-refractivity contribution in [1.29, 1.82) is 0 Å². The van der Waals surface area contributed by atoms with Crippen LogP contribution in [0.2, 0.25) is 0 Å². The van der Waals surface area contributed by atoms with Gasteiger partial charge in [-0.15, -0.1) is 0 Å². The summed E-state index contributed by atoms with van der Waals surface area (Å²) in [6.07, 6.45) is -7.97. The molecule has 0 aliphatic heterocycles. The van der Waals surface area contributed by atoms with Crippen molar-refractivity contribution in [3.8, 4) is 5.75 Å². The zero-order chi connectivity index (χ0) is 32.4. The maximum Gasteiger partial charge on any atom is 1.00 e. The second-order valence-electron chi connectivity index (χ2n) is 6.82. The number of alkyl halides is 15. The van der Waals surface area contributed by atoms with Crippen molar-refractivity contribution in [2.24, 2.45) is 0 Å². The van der Waals surface area contributed by atoms with E-state index < -0.39 is 99.3 Å². The molecule has 0 heterocycles. The quantitative estimate of drug-likeness (QED) is 0.128. The van der Waals surface area contributed by atoms with E-state index in [0.717, 1.165) is 0 Å². The Bertz CT molecular complexity index is 1220. The van der Waals surface area contributed by atoms with Gasteiger partial charge in [-0.25, -0.2) is 26.2 Å². The molecule has 0 aliphatic rings. The third-order valence-electron chi connectivity index (χ3n) is 4.39. The van der Waals surface area contributed by atoms with E-state index in [-0.39, 0.29) is 29.6 Å². The molecule has 0 aromatic heterocycles. The molecule has 0 saturated carbocycles. The largest absolute Gasteiger partial charge is 1.00 e. The smallest absolute Gasteiger partial charge is 0.740 e. The Balaban J connectivity index is 0.0000160. The number of allylic oxidation sites excluding steroid dienone is 1. The molecule has 1 rings (SSSR count). The molecule has 1 aromatic rings. The maximum absolute atomic E-state index is 14.1. The van der Waals surface area contributed by atoms with Gasteiger partial charge in [-0.1, -0.05) is 0 Å². The molecule has 3 nitrogen and oxygen atoms in total. The van der Waals surface area contributed by atoms with Crippen molar-refractivity contribution >= 4 is 17.2 Å². The number of rotatable bonds is 9. The average Bonchev–Trinajstić information content (AvgIpc) is 2.78. The van der Waals surface area contributed by atoms with Crippen molar-refractivity contribution in [2.75, 3.05) is 0 Å². The third kappa shape index (κ3) is 5.71. The summed E-state index contributed by atoms with van der Waals surface area (Å²) in [7, 11) is 0. The Morgan fingerprint density at radius 3 is 1.29 bits per heavy atom. The van der Waals surface area contributed by atoms with E-state index in [9.17, 15) is 101 Å². The molecule has 0 N–H and O–H groups in total. The van der Waals surface area contributed by atoms with E-state index in [0.29, 0.717) is 0 Å². The van der Waals surface area contributed by atoms with Crippen LogP contribution in [0.1, 0.15) is 5.56 Å². The van der Waals surface area contributed by atoms with Crippen LogP contribution in [0.4, 0.5) is 92.2 Å². The molecular weight excluding hydrogens is 682 g/mol. The van der Waals surface area contributed by atoms with Gasteiger partial charge in [0.05, 0.1) is 5.56 Å². The zero-order valence-electron chi connectivity index (χ0n) is 18.1. The van der Waals surface area contributed by atoms with Gasteiger partial charge >= 0.3 is 71.3 Å². The third-order valence-corrected chi connectivity index (χ3v) is 4.69. The molecule has 0 bridgehead atoms. The van der Waals surface area contributed by atoms with Crippen molar-refractivity contribution in [1.82, 2.24) is 0 Å². The number of halogens is 21. The molecule has 41 heavy (non-hydrogen) atoms. The molecule has 26 heteroatoms. The number of hydrogen-bond donors (Lipinski definition) is 0. The molecule has 0 radical (unpaired) electrons. The molecule has 1 atom stereocenters. The molecule has 1 aromatic carbocycles. The van der Waals surface area contributed by atoms with Crippen LogP contribution in [0.25, 0.3) is 5.83 Å². The summed E-state index contributed by atoms with van der Waals surface area (Å²) in [5, 5.41) is 0. The van der Waals surface area contributed by atoms with Crippen molar-refractivity contribution in [3.63, 3.8) is 0 Å². The first kappa shape index (κ1) is 39.4. The number of hydrogen-bond acceptors (Lipinski definition) is 3. The van der Waals surface area contributed by atoms with E-state index in [2.05, 4.69) is 4.18 Å². The predicted molar refractivity (Wildman–Crippen MR) is 80.7 cm³/mol. The van der Waals surface area contributed by atoms with Gasteiger partial charge in [0.2, 0.25) is 17.5 Å². The second kappa shape index (κ2) is 11.5. The molecule has 0 amide bonds. The van der Waals surface area contributed by atoms with E-state index >= 15 is 0 Å². The Kier molecular flexibility index (Phi) is 11.0. The van der Waals surface area contributed by atoms with Crippen LogP contribution in [0, 0.1) is 23.3 Å². The SMILES string of the molecule is O=S([O-])Oc1c(F)c(F)c(F)c(F)c1C(F)=C(F)C(F)(F)C(F)(F)C(F)(F)C(F)(F)C(F)(F)C(F)(F)C(F)(F)F.[Na+]. The summed E-state index contributed by atoms with van der Waals surface area (Å²) < 4.78 is 303. The molecule has 0 aliphatic carbocycles. The van der Waals surface area contributed by atoms with Gasteiger partial charge in [-0.2, -0.15) is 70.2 Å². The monoisotopic (exact) mass is 682 g/mol. The first-order chi connectivity index (χ1) is 17.4. The van der Waals surface area contributed by atoms with Crippen LogP contribution in [0.3, 0.4) is 0 Å². The van der Waals surface area contributed by atoms with Gasteiger partial charge in [-0.05, 0) is 0 Å². The second-order valence-corrected chi connectivity index (χ2v) is 7.39. The molecule has 232 valence electrons.